The Morgan fingerprint density at radius 3 is 2.51 bits per heavy atom. The van der Waals surface area contributed by atoms with E-state index in [0.717, 1.165) is 81.6 Å². The Balaban J connectivity index is 0.876. The molecule has 3 aromatic carbocycles. The minimum atomic E-state index is -4.61. The van der Waals surface area contributed by atoms with Crippen molar-refractivity contribution in [3.8, 4) is 5.88 Å². The van der Waals surface area contributed by atoms with Crippen molar-refractivity contribution < 1.29 is 37.5 Å². The Bertz CT molecular complexity index is 2960. The summed E-state index contributed by atoms with van der Waals surface area (Å²) in [6.07, 6.45) is 9.42. The highest BCUT2D eigenvalue weighted by Crippen LogP contribution is 2.55. The summed E-state index contributed by atoms with van der Waals surface area (Å²) in [6.45, 7) is 11.2. The van der Waals surface area contributed by atoms with E-state index >= 15 is 0 Å². The molecule has 11 rings (SSSR count). The van der Waals surface area contributed by atoms with E-state index in [0.29, 0.717) is 80.8 Å². The number of piperidine rings is 2. The molecule has 5 aliphatic heterocycles. The number of benzene rings is 3. The van der Waals surface area contributed by atoms with Gasteiger partial charge in [0.05, 0.1) is 39.3 Å². The van der Waals surface area contributed by atoms with Crippen LogP contribution in [0.4, 0.5) is 28.4 Å². The molecule has 1 aliphatic carbocycles. The molecule has 0 radical (unpaired) electrons. The summed E-state index contributed by atoms with van der Waals surface area (Å²) in [4.78, 5) is 41.1. The van der Waals surface area contributed by atoms with Gasteiger partial charge >= 0.3 is 0 Å². The number of anilines is 4. The van der Waals surface area contributed by atoms with Crippen LogP contribution in [0.2, 0.25) is 0 Å². The van der Waals surface area contributed by atoms with Gasteiger partial charge in [-0.3, -0.25) is 19.8 Å². The number of pyridine rings is 1. The quantitative estimate of drug-likeness (QED) is 0.0683. The van der Waals surface area contributed by atoms with E-state index in [1.54, 1.807) is 12.3 Å². The molecule has 7 heterocycles. The second-order valence-electron chi connectivity index (χ2n) is 21.8. The number of aliphatic hydroxyl groups is 1. The number of aromatic amines is 1. The minimum Gasteiger partial charge on any atom is -0.468 e. The highest BCUT2D eigenvalue weighted by atomic mass is 32.2. The summed E-state index contributed by atoms with van der Waals surface area (Å²) in [7, 11) is -4.61. The standard InChI is InChI=1S/C54H66N8O9S/c1-34(2)40-6-4-5-7-41(40)44-12-17-53(3,64)33-60(44)38-29-54(30-38)18-21-59(22-19-54)37-8-10-42(46(27-37)61-45-16-25-70-32-49(45)71-52-48(61)26-36-13-20-55-50(36)57-52)51(63)58-72(67,68)39-9-11-43(47(28-39)62(65)66)56-31-35-14-23-69-24-15-35/h4-11,13,20,26-28,34-35,38,44-45,49,56,64H,12,14-19,21-25,29-33H2,1-3H3,(H,55,57)(H,58,63)/t44-,45-,49-,53+/m0/s1. The van der Waals surface area contributed by atoms with Crippen LogP contribution in [0.15, 0.2) is 83.9 Å². The van der Waals surface area contributed by atoms with Gasteiger partial charge < -0.3 is 39.4 Å². The van der Waals surface area contributed by atoms with Gasteiger partial charge in [0.25, 0.3) is 21.6 Å². The number of hydrogen-bond acceptors (Lipinski definition) is 14. The minimum absolute atomic E-state index is 0.111. The van der Waals surface area contributed by atoms with Gasteiger partial charge in [-0.25, -0.2) is 13.1 Å². The number of hydrogen-bond donors (Lipinski definition) is 4. The first-order valence-corrected chi connectivity index (χ1v) is 27.3. The van der Waals surface area contributed by atoms with E-state index < -0.39 is 43.1 Å². The first kappa shape index (κ1) is 48.5. The maximum absolute atomic E-state index is 14.7. The van der Waals surface area contributed by atoms with Crippen LogP contribution in [0.1, 0.15) is 112 Å². The summed E-state index contributed by atoms with van der Waals surface area (Å²) in [5.41, 5.74) is 4.81. The zero-order valence-corrected chi connectivity index (χ0v) is 42.2. The van der Waals surface area contributed by atoms with Crippen molar-refractivity contribution in [1.29, 1.82) is 0 Å². The summed E-state index contributed by atoms with van der Waals surface area (Å²) in [6, 6.07) is 22.3. The van der Waals surface area contributed by atoms with Gasteiger partial charge in [0.2, 0.25) is 5.88 Å². The maximum atomic E-state index is 14.7. The number of H-pyrrole nitrogens is 1. The van der Waals surface area contributed by atoms with Crippen molar-refractivity contribution in [2.45, 2.75) is 119 Å². The number of aromatic nitrogens is 2. The summed E-state index contributed by atoms with van der Waals surface area (Å²) in [5, 5.41) is 27.7. The van der Waals surface area contributed by atoms with Crippen molar-refractivity contribution >= 4 is 55.4 Å². The number of nitro groups is 1. The van der Waals surface area contributed by atoms with E-state index in [4.69, 9.17) is 19.2 Å². The Hall–Kier alpha value is -5.79. The second-order valence-corrected chi connectivity index (χ2v) is 23.4. The highest BCUT2D eigenvalue weighted by molar-refractivity contribution is 7.90. The zero-order chi connectivity index (χ0) is 49.9. The number of fused-ring (bicyclic) bond motifs is 3. The Kier molecular flexibility index (Phi) is 13.0. The fourth-order valence-corrected chi connectivity index (χ4v) is 13.5. The lowest BCUT2D eigenvalue weighted by atomic mass is 9.59. The molecular formula is C54H66N8O9S. The van der Waals surface area contributed by atoms with E-state index in [2.05, 4.69) is 67.8 Å². The number of nitro benzene ring substituents is 1. The van der Waals surface area contributed by atoms with Crippen LogP contribution in [0, 0.1) is 21.4 Å². The van der Waals surface area contributed by atoms with E-state index in [9.17, 15) is 28.4 Å². The fraction of sp³-hybridized carbons (Fsp3) is 0.519. The van der Waals surface area contributed by atoms with E-state index in [1.807, 2.05) is 31.2 Å². The summed E-state index contributed by atoms with van der Waals surface area (Å²) < 4.78 is 48.5. The molecule has 4 saturated heterocycles. The van der Waals surface area contributed by atoms with Crippen LogP contribution in [0.25, 0.3) is 11.0 Å². The first-order valence-electron chi connectivity index (χ1n) is 25.8. The van der Waals surface area contributed by atoms with Crippen LogP contribution in [0.5, 0.6) is 5.88 Å². The lowest BCUT2D eigenvalue weighted by Gasteiger charge is -2.59. The largest absolute Gasteiger partial charge is 0.468 e. The Morgan fingerprint density at radius 1 is 0.958 bits per heavy atom. The molecule has 4 N–H and O–H groups in total. The number of carbonyl (C=O) groups excluding carboxylic acids is 1. The molecule has 0 bridgehead atoms. The Morgan fingerprint density at radius 2 is 1.74 bits per heavy atom. The molecule has 17 nitrogen and oxygen atoms in total. The normalized spacial score (nSPS) is 24.9. The predicted octanol–water partition coefficient (Wildman–Crippen LogP) is 8.58. The monoisotopic (exact) mass is 1000 g/mol. The fourth-order valence-electron chi connectivity index (χ4n) is 12.6. The highest BCUT2D eigenvalue weighted by Gasteiger charge is 2.52. The molecule has 1 saturated carbocycles. The molecule has 4 atom stereocenters. The Labute approximate surface area is 420 Å². The smallest absolute Gasteiger partial charge is 0.293 e. The van der Waals surface area contributed by atoms with Gasteiger partial charge in [0.1, 0.15) is 23.1 Å². The van der Waals surface area contributed by atoms with Gasteiger partial charge in [-0.15, -0.1) is 0 Å². The van der Waals surface area contributed by atoms with Gasteiger partial charge in [0.15, 0.2) is 0 Å². The SMILES string of the molecule is CC(C)c1ccccc1[C@@H]1CC[C@@](C)(O)CN1C1CC2(CCN(c3ccc(C(=O)NS(=O)(=O)c4ccc(NCC5CCOCC5)c([N+](=O)[O-])c4)c(N4c5cc6cc[nH]c6nc5O[C@H]5COCC[C@@H]54)c3)CC2)C1. The van der Waals surface area contributed by atoms with Crippen molar-refractivity contribution in [2.24, 2.45) is 11.3 Å². The molecule has 18 heteroatoms. The van der Waals surface area contributed by atoms with Crippen molar-refractivity contribution in [3.05, 3.63) is 106 Å². The summed E-state index contributed by atoms with van der Waals surface area (Å²) in [5.74, 6) is 0.161. The zero-order valence-electron chi connectivity index (χ0n) is 41.3. The van der Waals surface area contributed by atoms with Crippen molar-refractivity contribution in [3.63, 3.8) is 0 Å². The van der Waals surface area contributed by atoms with E-state index in [-0.39, 0.29) is 34.7 Å². The molecule has 0 unspecified atom stereocenters. The number of nitrogens with zero attached hydrogens (tertiary/aromatic N) is 5. The molecular weight excluding hydrogens is 937 g/mol. The molecule has 382 valence electrons. The average Bonchev–Trinajstić information content (AvgIpc) is 3.83. The van der Waals surface area contributed by atoms with Crippen molar-refractivity contribution in [2.75, 3.05) is 67.7 Å². The second kappa shape index (κ2) is 19.2. The topological polar surface area (TPSA) is 205 Å². The molecule has 72 heavy (non-hydrogen) atoms. The molecule has 1 spiro atoms. The number of amides is 1. The molecule has 1 amide bonds. The molecule has 6 aliphatic rings. The van der Waals surface area contributed by atoms with Crippen LogP contribution < -0.4 is 24.6 Å². The van der Waals surface area contributed by atoms with Crippen LogP contribution >= 0.6 is 0 Å². The van der Waals surface area contributed by atoms with Gasteiger partial charge in [-0.05, 0) is 136 Å². The summed E-state index contributed by atoms with van der Waals surface area (Å²) >= 11 is 0. The average molecular weight is 1000 g/mol. The van der Waals surface area contributed by atoms with E-state index in [1.165, 1.54) is 23.3 Å². The maximum Gasteiger partial charge on any atom is 0.293 e. The van der Waals surface area contributed by atoms with Gasteiger partial charge in [0, 0.05) is 81.4 Å². The third kappa shape index (κ3) is 9.40. The van der Waals surface area contributed by atoms with Crippen LogP contribution in [-0.2, 0) is 19.5 Å². The first-order chi connectivity index (χ1) is 34.6. The number of sulfonamides is 1. The van der Waals surface area contributed by atoms with Gasteiger partial charge in [-0.2, -0.15) is 4.98 Å². The molecule has 5 fully saturated rings. The molecule has 2 aromatic heterocycles. The molecule has 5 aromatic rings. The number of ether oxygens (including phenoxy) is 3. The third-order valence-electron chi connectivity index (χ3n) is 16.6. The third-order valence-corrected chi connectivity index (χ3v) is 17.9. The number of β-amino-alcohol motifs (C(OH)–C–C–N with tert-alkyl or cyclic N) is 1. The van der Waals surface area contributed by atoms with Crippen LogP contribution in [-0.4, -0.2) is 116 Å². The lowest BCUT2D eigenvalue weighted by Crippen LogP contribution is -2.60. The number of nitrogens with one attached hydrogen (secondary N) is 3. The lowest BCUT2D eigenvalue weighted by molar-refractivity contribution is -0.384. The van der Waals surface area contributed by atoms with Crippen LogP contribution in [0.3, 0.4) is 0 Å². The van der Waals surface area contributed by atoms with Gasteiger partial charge in [-0.1, -0.05) is 38.1 Å². The number of rotatable bonds is 12. The number of likely N-dealkylation sites (tertiary alicyclic amines) is 1. The van der Waals surface area contributed by atoms with Crippen molar-refractivity contribution in [1.82, 2.24) is 19.6 Å². The number of carbonyl (C=O) groups is 1. The predicted molar refractivity (Wildman–Crippen MR) is 275 cm³/mol.